The van der Waals surface area contributed by atoms with E-state index >= 15 is 0 Å². The van der Waals surface area contributed by atoms with Gasteiger partial charge in [-0.15, -0.1) is 0 Å². The maximum absolute atomic E-state index is 6.18. The van der Waals surface area contributed by atoms with Crippen molar-refractivity contribution in [1.29, 1.82) is 0 Å². The van der Waals surface area contributed by atoms with E-state index in [2.05, 4.69) is 37.6 Å². The summed E-state index contributed by atoms with van der Waals surface area (Å²) in [5.74, 6) is 0.218. The summed E-state index contributed by atoms with van der Waals surface area (Å²) in [7, 11) is 0. The lowest BCUT2D eigenvalue weighted by atomic mass is 10.1. The second-order valence-electron chi connectivity index (χ2n) is 6.69. The molecule has 4 rings (SSSR count). The molecule has 1 aromatic heterocycles. The third-order valence-corrected chi connectivity index (χ3v) is 4.88. The van der Waals surface area contributed by atoms with Crippen molar-refractivity contribution >= 4 is 11.8 Å². The summed E-state index contributed by atoms with van der Waals surface area (Å²) >= 11 is 0. The summed E-state index contributed by atoms with van der Waals surface area (Å²) in [5, 5.41) is 0. The van der Waals surface area contributed by atoms with Crippen LogP contribution in [-0.2, 0) is 5.79 Å². The van der Waals surface area contributed by atoms with Crippen LogP contribution in [-0.4, -0.2) is 47.6 Å². The second-order valence-corrected chi connectivity index (χ2v) is 6.69. The Morgan fingerprint density at radius 1 is 1.30 bits per heavy atom. The zero-order chi connectivity index (χ0) is 16.0. The molecular weight excluding hydrogens is 292 g/mol. The topological polar surface area (TPSA) is 108 Å². The number of hydrogen-bond donors (Lipinski definition) is 4. The lowest BCUT2D eigenvalue weighted by Crippen LogP contribution is -2.53. The van der Waals surface area contributed by atoms with Crippen molar-refractivity contribution in [1.82, 2.24) is 20.7 Å². The molecule has 2 unspecified atom stereocenters. The van der Waals surface area contributed by atoms with Gasteiger partial charge < -0.3 is 10.6 Å². The molecule has 23 heavy (non-hydrogen) atoms. The van der Waals surface area contributed by atoms with Crippen molar-refractivity contribution < 1.29 is 0 Å². The monoisotopic (exact) mass is 316 g/mol. The van der Waals surface area contributed by atoms with Crippen molar-refractivity contribution in [3.8, 4) is 0 Å². The number of hydrogen-bond acceptors (Lipinski definition) is 8. The highest BCUT2D eigenvalue weighted by Crippen LogP contribution is 2.30. The molecule has 8 nitrogen and oxygen atoms in total. The Hall–Kier alpha value is -1.90. The SMILES string of the molecule is CC1CN(C2CC2)CCN1c1ccc(C2(N)N=C(N)NN2)cn1. The van der Waals surface area contributed by atoms with Crippen LogP contribution in [0.3, 0.4) is 0 Å². The fraction of sp³-hybridized carbons (Fsp3) is 0.600. The number of pyridine rings is 1. The summed E-state index contributed by atoms with van der Waals surface area (Å²) in [6.07, 6.45) is 4.50. The predicted molar refractivity (Wildman–Crippen MR) is 89.4 cm³/mol. The van der Waals surface area contributed by atoms with Crippen molar-refractivity contribution in [3.05, 3.63) is 23.9 Å². The minimum Gasteiger partial charge on any atom is -0.369 e. The molecule has 2 fully saturated rings. The first-order chi connectivity index (χ1) is 11.0. The zero-order valence-corrected chi connectivity index (χ0v) is 13.4. The maximum Gasteiger partial charge on any atom is 0.210 e. The van der Waals surface area contributed by atoms with Gasteiger partial charge in [0.15, 0.2) is 0 Å². The van der Waals surface area contributed by atoms with E-state index in [0.717, 1.165) is 37.1 Å². The third-order valence-electron chi connectivity index (χ3n) is 4.88. The summed E-state index contributed by atoms with van der Waals surface area (Å²) < 4.78 is 0. The van der Waals surface area contributed by atoms with Crippen LogP contribution in [0.1, 0.15) is 25.3 Å². The van der Waals surface area contributed by atoms with Crippen LogP contribution in [0.25, 0.3) is 0 Å². The predicted octanol–water partition coefficient (Wildman–Crippen LogP) is -0.754. The van der Waals surface area contributed by atoms with Gasteiger partial charge in [0.2, 0.25) is 11.7 Å². The Balaban J connectivity index is 1.48. The number of aliphatic imine (C=N–C) groups is 1. The largest absolute Gasteiger partial charge is 0.369 e. The second kappa shape index (κ2) is 5.33. The first-order valence-electron chi connectivity index (χ1n) is 8.20. The Kier molecular flexibility index (Phi) is 3.40. The summed E-state index contributed by atoms with van der Waals surface area (Å²) in [6.45, 7) is 5.51. The molecule has 2 atom stereocenters. The smallest absolute Gasteiger partial charge is 0.210 e. The van der Waals surface area contributed by atoms with Gasteiger partial charge in [0, 0.05) is 43.5 Å². The molecule has 3 aliphatic rings. The average Bonchev–Trinajstić information content (AvgIpc) is 3.33. The van der Waals surface area contributed by atoms with E-state index in [-0.39, 0.29) is 5.96 Å². The number of nitrogens with one attached hydrogen (secondary N) is 2. The van der Waals surface area contributed by atoms with Gasteiger partial charge in [0.1, 0.15) is 5.82 Å². The van der Waals surface area contributed by atoms with E-state index in [4.69, 9.17) is 11.5 Å². The summed E-state index contributed by atoms with van der Waals surface area (Å²) in [5.41, 5.74) is 18.2. The maximum atomic E-state index is 6.18. The van der Waals surface area contributed by atoms with Gasteiger partial charge in [-0.2, -0.15) is 5.43 Å². The van der Waals surface area contributed by atoms with Crippen molar-refractivity contribution in [2.45, 2.75) is 37.6 Å². The first-order valence-corrected chi connectivity index (χ1v) is 8.20. The lowest BCUT2D eigenvalue weighted by Gasteiger charge is -2.40. The molecule has 1 saturated carbocycles. The number of nitrogens with two attached hydrogens (primary N) is 2. The number of hydrazine groups is 1. The van der Waals surface area contributed by atoms with E-state index in [1.165, 1.54) is 12.8 Å². The van der Waals surface area contributed by atoms with Crippen molar-refractivity contribution in [2.24, 2.45) is 16.5 Å². The van der Waals surface area contributed by atoms with Crippen LogP contribution in [0.4, 0.5) is 5.82 Å². The quantitative estimate of drug-likeness (QED) is 0.581. The summed E-state index contributed by atoms with van der Waals surface area (Å²) in [6, 6.07) is 5.27. The highest BCUT2D eigenvalue weighted by molar-refractivity contribution is 5.79. The highest BCUT2D eigenvalue weighted by atomic mass is 15.6. The fourth-order valence-electron chi connectivity index (χ4n) is 3.42. The van der Waals surface area contributed by atoms with Gasteiger partial charge in [0.25, 0.3) is 0 Å². The van der Waals surface area contributed by atoms with Crippen LogP contribution in [0.15, 0.2) is 23.3 Å². The molecule has 0 spiro atoms. The molecule has 0 aromatic carbocycles. The average molecular weight is 316 g/mol. The molecule has 2 aliphatic heterocycles. The Morgan fingerprint density at radius 3 is 2.70 bits per heavy atom. The Bertz CT molecular complexity index is 610. The summed E-state index contributed by atoms with van der Waals surface area (Å²) in [4.78, 5) is 13.7. The molecule has 1 aliphatic carbocycles. The molecule has 0 amide bonds. The van der Waals surface area contributed by atoms with E-state index in [1.54, 1.807) is 6.20 Å². The Labute approximate surface area is 135 Å². The van der Waals surface area contributed by atoms with Gasteiger partial charge in [-0.1, -0.05) is 0 Å². The van der Waals surface area contributed by atoms with Crippen LogP contribution < -0.4 is 27.2 Å². The van der Waals surface area contributed by atoms with Crippen LogP contribution in [0.5, 0.6) is 0 Å². The van der Waals surface area contributed by atoms with Crippen LogP contribution in [0.2, 0.25) is 0 Å². The molecule has 6 N–H and O–H groups in total. The molecule has 0 radical (unpaired) electrons. The number of aromatic nitrogens is 1. The third kappa shape index (κ3) is 2.73. The number of rotatable bonds is 3. The number of guanidine groups is 1. The minimum atomic E-state index is -1.05. The highest BCUT2D eigenvalue weighted by Gasteiger charge is 2.35. The Morgan fingerprint density at radius 2 is 2.13 bits per heavy atom. The van der Waals surface area contributed by atoms with Crippen molar-refractivity contribution in [3.63, 3.8) is 0 Å². The molecule has 1 aromatic rings. The van der Waals surface area contributed by atoms with Crippen molar-refractivity contribution in [2.75, 3.05) is 24.5 Å². The van der Waals surface area contributed by atoms with Gasteiger partial charge in [-0.25, -0.2) is 9.98 Å². The molecular formula is C15H24N8. The zero-order valence-electron chi connectivity index (χ0n) is 13.4. The van der Waals surface area contributed by atoms with Gasteiger partial charge in [-0.05, 0) is 31.9 Å². The van der Waals surface area contributed by atoms with Crippen LogP contribution in [0, 0.1) is 0 Å². The van der Waals surface area contributed by atoms with Gasteiger partial charge >= 0.3 is 0 Å². The minimum absolute atomic E-state index is 0.279. The standard InChI is InChI=1S/C15H24N8/c1-10-9-22(12-3-4-12)6-7-23(10)13-5-2-11(8-18-13)15(17)19-14(16)20-21-15/h2,5,8,10,12,21H,3-4,6-7,9,17H2,1H3,(H3,16,19,20). The lowest BCUT2D eigenvalue weighted by molar-refractivity contribution is 0.219. The normalized spacial score (nSPS) is 31.8. The van der Waals surface area contributed by atoms with Gasteiger partial charge in [0.05, 0.1) is 0 Å². The molecule has 0 bridgehead atoms. The van der Waals surface area contributed by atoms with E-state index in [9.17, 15) is 0 Å². The van der Waals surface area contributed by atoms with E-state index < -0.39 is 5.79 Å². The molecule has 8 heteroatoms. The van der Waals surface area contributed by atoms with E-state index in [0.29, 0.717) is 6.04 Å². The number of anilines is 1. The number of nitrogens with zero attached hydrogens (tertiary/aromatic N) is 4. The molecule has 1 saturated heterocycles. The molecule has 124 valence electrons. The first kappa shape index (κ1) is 14.7. The number of piperazine rings is 1. The van der Waals surface area contributed by atoms with Crippen LogP contribution >= 0.6 is 0 Å². The van der Waals surface area contributed by atoms with Gasteiger partial charge in [-0.3, -0.25) is 16.1 Å². The molecule has 3 heterocycles. The fourth-order valence-corrected chi connectivity index (χ4v) is 3.42. The van der Waals surface area contributed by atoms with E-state index in [1.807, 2.05) is 12.1 Å².